The van der Waals surface area contributed by atoms with Gasteiger partial charge in [-0.1, -0.05) is 13.0 Å². The Hall–Kier alpha value is -3.20. The lowest BCUT2D eigenvalue weighted by molar-refractivity contribution is 0.0980. The lowest BCUT2D eigenvalue weighted by Gasteiger charge is -2.43. The van der Waals surface area contributed by atoms with Crippen LogP contribution in [0.5, 0.6) is 5.75 Å². The van der Waals surface area contributed by atoms with Crippen LogP contribution in [0.25, 0.3) is 22.6 Å². The zero-order valence-corrected chi connectivity index (χ0v) is 16.3. The summed E-state index contributed by atoms with van der Waals surface area (Å²) < 4.78 is 16.6. The largest absolute Gasteiger partial charge is 0.507 e. The summed E-state index contributed by atoms with van der Waals surface area (Å²) in [5.41, 5.74) is 1.38. The van der Waals surface area contributed by atoms with Crippen molar-refractivity contribution in [1.29, 1.82) is 0 Å². The van der Waals surface area contributed by atoms with E-state index in [9.17, 15) is 9.50 Å². The van der Waals surface area contributed by atoms with Crippen molar-refractivity contribution in [3.8, 4) is 22.8 Å². The van der Waals surface area contributed by atoms with Crippen molar-refractivity contribution >= 4 is 5.57 Å². The normalized spacial score (nSPS) is 25.8. The van der Waals surface area contributed by atoms with E-state index in [-0.39, 0.29) is 17.7 Å². The number of nitrogens with one attached hydrogen (secondary N) is 1. The van der Waals surface area contributed by atoms with Crippen molar-refractivity contribution < 1.29 is 9.50 Å². The van der Waals surface area contributed by atoms with Crippen LogP contribution in [0.15, 0.2) is 43.8 Å². The molecule has 30 heavy (non-hydrogen) atoms. The standard InChI is InChI=1S/C21H22FN7O/c1-12(14-7-13-3-2-4-16(26-13)20(14)22)21-25-10-17(27-28-21)15-9-24-19(8-18(15)30)29-6-5-23-11-29/h5-6,8-11,13-14,16,20,26H,1-4,7H2,(H,24,30)/t13?,14-,16?,20-/m0/s1. The van der Waals surface area contributed by atoms with E-state index in [1.165, 1.54) is 18.5 Å². The number of hydrogen-bond donors (Lipinski definition) is 2. The van der Waals surface area contributed by atoms with E-state index in [4.69, 9.17) is 0 Å². The molecule has 8 nitrogen and oxygen atoms in total. The minimum absolute atomic E-state index is 0.00591. The highest BCUT2D eigenvalue weighted by atomic mass is 19.1. The van der Waals surface area contributed by atoms with E-state index < -0.39 is 6.17 Å². The van der Waals surface area contributed by atoms with Crippen LogP contribution >= 0.6 is 0 Å². The topological polar surface area (TPSA) is 102 Å². The van der Waals surface area contributed by atoms with Crippen LogP contribution < -0.4 is 5.32 Å². The molecule has 2 saturated heterocycles. The Morgan fingerprint density at radius 2 is 2.13 bits per heavy atom. The van der Waals surface area contributed by atoms with Gasteiger partial charge in [0.2, 0.25) is 0 Å². The summed E-state index contributed by atoms with van der Waals surface area (Å²) in [6.07, 6.45) is 10.6. The number of pyridine rings is 1. The van der Waals surface area contributed by atoms with Crippen molar-refractivity contribution in [2.24, 2.45) is 5.92 Å². The number of aromatic hydroxyl groups is 1. The van der Waals surface area contributed by atoms with Crippen molar-refractivity contribution in [2.45, 2.75) is 43.9 Å². The maximum atomic E-state index is 15.0. The van der Waals surface area contributed by atoms with Gasteiger partial charge in [0.05, 0.1) is 11.8 Å². The van der Waals surface area contributed by atoms with Crippen LogP contribution in [-0.2, 0) is 0 Å². The molecule has 2 N–H and O–H groups in total. The molecule has 0 radical (unpaired) electrons. The van der Waals surface area contributed by atoms with Crippen molar-refractivity contribution in [2.75, 3.05) is 0 Å². The van der Waals surface area contributed by atoms with Gasteiger partial charge in [-0.05, 0) is 24.8 Å². The predicted octanol–water partition coefficient (Wildman–Crippen LogP) is 2.71. The molecule has 3 aromatic heterocycles. The molecule has 9 heteroatoms. The summed E-state index contributed by atoms with van der Waals surface area (Å²) in [6.45, 7) is 4.08. The molecule has 0 aromatic carbocycles. The molecule has 0 aliphatic carbocycles. The number of allylic oxidation sites excluding steroid dienone is 1. The van der Waals surface area contributed by atoms with Gasteiger partial charge in [0, 0.05) is 42.7 Å². The minimum atomic E-state index is -0.999. The number of piperidine rings is 2. The van der Waals surface area contributed by atoms with Gasteiger partial charge in [0.25, 0.3) is 0 Å². The molecule has 2 fully saturated rings. The molecule has 2 aliphatic rings. The number of aromatic nitrogens is 6. The van der Waals surface area contributed by atoms with Gasteiger partial charge in [-0.3, -0.25) is 4.57 Å². The first-order valence-electron chi connectivity index (χ1n) is 10.1. The van der Waals surface area contributed by atoms with Crippen LogP contribution in [0.4, 0.5) is 4.39 Å². The fourth-order valence-electron chi connectivity index (χ4n) is 4.42. The molecule has 2 unspecified atom stereocenters. The number of rotatable bonds is 4. The number of imidazole rings is 1. The highest BCUT2D eigenvalue weighted by Crippen LogP contribution is 2.38. The van der Waals surface area contributed by atoms with Gasteiger partial charge >= 0.3 is 0 Å². The second-order valence-electron chi connectivity index (χ2n) is 7.91. The van der Waals surface area contributed by atoms with Crippen molar-refractivity contribution in [3.05, 3.63) is 49.6 Å². The third kappa shape index (κ3) is 3.35. The first kappa shape index (κ1) is 18.8. The zero-order valence-electron chi connectivity index (χ0n) is 16.3. The second-order valence-corrected chi connectivity index (χ2v) is 7.91. The molecular weight excluding hydrogens is 385 g/mol. The maximum absolute atomic E-state index is 15.0. The van der Waals surface area contributed by atoms with Crippen LogP contribution in [0.1, 0.15) is 31.5 Å². The predicted molar refractivity (Wildman–Crippen MR) is 108 cm³/mol. The van der Waals surface area contributed by atoms with Crippen LogP contribution in [0, 0.1) is 5.92 Å². The zero-order chi connectivity index (χ0) is 20.7. The van der Waals surface area contributed by atoms with Crippen LogP contribution in [0.3, 0.4) is 0 Å². The molecule has 154 valence electrons. The van der Waals surface area contributed by atoms with E-state index in [2.05, 4.69) is 37.0 Å². The van der Waals surface area contributed by atoms with Gasteiger partial charge in [-0.2, -0.15) is 0 Å². The molecule has 5 rings (SSSR count). The quantitative estimate of drug-likeness (QED) is 0.686. The van der Waals surface area contributed by atoms with E-state index in [1.807, 2.05) is 0 Å². The highest BCUT2D eigenvalue weighted by Gasteiger charge is 2.41. The first-order chi connectivity index (χ1) is 14.6. The number of fused-ring (bicyclic) bond motifs is 2. The van der Waals surface area contributed by atoms with E-state index in [0.717, 1.165) is 19.3 Å². The fourth-order valence-corrected chi connectivity index (χ4v) is 4.42. The molecule has 0 amide bonds. The molecule has 0 saturated carbocycles. The third-order valence-electron chi connectivity index (χ3n) is 6.03. The number of hydrogen-bond acceptors (Lipinski definition) is 7. The second kappa shape index (κ2) is 7.56. The Kier molecular flexibility index (Phi) is 4.74. The SMILES string of the molecule is C=C(c1ncc(-c2cnc(-n3ccnc3)cc2O)nn1)[C@@H]1CC2CCCC(N2)[C@H]1F. The van der Waals surface area contributed by atoms with Crippen LogP contribution in [0.2, 0.25) is 0 Å². The Morgan fingerprint density at radius 3 is 2.87 bits per heavy atom. The summed E-state index contributed by atoms with van der Waals surface area (Å²) >= 11 is 0. The monoisotopic (exact) mass is 407 g/mol. The maximum Gasteiger partial charge on any atom is 0.177 e. The minimum Gasteiger partial charge on any atom is -0.507 e. The van der Waals surface area contributed by atoms with E-state index in [1.54, 1.807) is 23.3 Å². The number of alkyl halides is 1. The summed E-state index contributed by atoms with van der Waals surface area (Å²) in [7, 11) is 0. The van der Waals surface area contributed by atoms with Gasteiger partial charge in [-0.15, -0.1) is 10.2 Å². The van der Waals surface area contributed by atoms with Gasteiger partial charge in [0.1, 0.15) is 29.8 Å². The molecule has 5 heterocycles. The fraction of sp³-hybridized carbons (Fsp3) is 0.381. The Bertz CT molecular complexity index is 1050. The van der Waals surface area contributed by atoms with Gasteiger partial charge in [-0.25, -0.2) is 19.3 Å². The molecule has 3 aromatic rings. The summed E-state index contributed by atoms with van der Waals surface area (Å²) in [4.78, 5) is 12.7. The highest BCUT2D eigenvalue weighted by molar-refractivity contribution is 5.67. The molecule has 2 bridgehead atoms. The van der Waals surface area contributed by atoms with Crippen LogP contribution in [-0.4, -0.2) is 53.1 Å². The van der Waals surface area contributed by atoms with E-state index in [0.29, 0.717) is 40.9 Å². The Balaban J connectivity index is 1.36. The van der Waals surface area contributed by atoms with Crippen molar-refractivity contribution in [3.63, 3.8) is 0 Å². The Labute approximate surface area is 172 Å². The molecule has 4 atom stereocenters. The van der Waals surface area contributed by atoms with E-state index >= 15 is 0 Å². The number of halogens is 1. The Morgan fingerprint density at radius 1 is 1.23 bits per heavy atom. The average molecular weight is 407 g/mol. The molecule has 0 spiro atoms. The van der Waals surface area contributed by atoms with Crippen molar-refractivity contribution in [1.82, 2.24) is 35.0 Å². The first-order valence-corrected chi connectivity index (χ1v) is 10.1. The summed E-state index contributed by atoms with van der Waals surface area (Å²) in [5.74, 6) is 0.573. The molecule has 2 aliphatic heterocycles. The smallest absolute Gasteiger partial charge is 0.177 e. The summed E-state index contributed by atoms with van der Waals surface area (Å²) in [6, 6.07) is 1.72. The van der Waals surface area contributed by atoms with Gasteiger partial charge < -0.3 is 10.4 Å². The lowest BCUT2D eigenvalue weighted by Crippen LogP contribution is -2.55. The number of nitrogens with zero attached hydrogens (tertiary/aromatic N) is 6. The lowest BCUT2D eigenvalue weighted by atomic mass is 9.76. The average Bonchev–Trinajstić information content (AvgIpc) is 3.31. The molecular formula is C21H22FN7O. The third-order valence-corrected chi connectivity index (χ3v) is 6.03. The van der Waals surface area contributed by atoms with Gasteiger partial charge in [0.15, 0.2) is 5.82 Å². The summed E-state index contributed by atoms with van der Waals surface area (Å²) in [5, 5.41) is 22.1.